The van der Waals surface area contributed by atoms with Crippen molar-refractivity contribution in [2.45, 2.75) is 322 Å². The maximum Gasteiger partial charge on any atom is 0.306 e. The third kappa shape index (κ3) is 61.3. The molecule has 0 aliphatic carbocycles. The highest BCUT2D eigenvalue weighted by Gasteiger charge is 2.19. The van der Waals surface area contributed by atoms with E-state index in [1.807, 2.05) is 0 Å². The molecule has 0 amide bonds. The van der Waals surface area contributed by atoms with Crippen molar-refractivity contribution in [3.05, 3.63) is 85.1 Å². The third-order valence-corrected chi connectivity index (χ3v) is 13.9. The van der Waals surface area contributed by atoms with E-state index >= 15 is 0 Å². The first kappa shape index (κ1) is 71.6. The molecule has 0 radical (unpaired) electrons. The van der Waals surface area contributed by atoms with Crippen molar-refractivity contribution in [1.29, 1.82) is 0 Å². The molecule has 6 heteroatoms. The van der Waals surface area contributed by atoms with E-state index < -0.39 is 6.10 Å². The molecule has 6 nitrogen and oxygen atoms in total. The van der Waals surface area contributed by atoms with E-state index in [0.29, 0.717) is 19.3 Å². The summed E-state index contributed by atoms with van der Waals surface area (Å²) in [5.74, 6) is -0.868. The van der Waals surface area contributed by atoms with Crippen molar-refractivity contribution in [3.63, 3.8) is 0 Å². The fraction of sp³-hybridized carbons (Fsp3) is 0.754. The second-order valence-corrected chi connectivity index (χ2v) is 21.3. The number of carbonyl (C=O) groups excluding carboxylic acids is 3. The van der Waals surface area contributed by atoms with E-state index in [2.05, 4.69) is 106 Å². The molecule has 0 heterocycles. The van der Waals surface area contributed by atoms with Crippen molar-refractivity contribution < 1.29 is 28.6 Å². The normalized spacial score (nSPS) is 12.6. The highest BCUT2D eigenvalue weighted by Crippen LogP contribution is 2.17. The highest BCUT2D eigenvalue weighted by molar-refractivity contribution is 5.71. The SMILES string of the molecule is CC/C=C\C/C=C\C/C=C\C/C=C\C/C=C\C/C=C\C/C=C\CCCCCCCCCCCCCC(=O)OCC(COC(=O)CCCCCCCCC)OC(=O)CCCCCCCCCCCCCCCCCCC. The third-order valence-electron chi connectivity index (χ3n) is 13.9. The Hall–Kier alpha value is -3.41. The summed E-state index contributed by atoms with van der Waals surface area (Å²) in [6, 6.07) is 0. The van der Waals surface area contributed by atoms with Gasteiger partial charge in [-0.1, -0.05) is 305 Å². The Bertz CT molecular complexity index is 1430. The lowest BCUT2D eigenvalue weighted by Crippen LogP contribution is -2.30. The van der Waals surface area contributed by atoms with Crippen molar-refractivity contribution in [2.75, 3.05) is 13.2 Å². The van der Waals surface area contributed by atoms with Crippen LogP contribution >= 0.6 is 0 Å². The zero-order valence-corrected chi connectivity index (χ0v) is 49.6. The van der Waals surface area contributed by atoms with Crippen molar-refractivity contribution in [3.8, 4) is 0 Å². The lowest BCUT2D eigenvalue weighted by atomic mass is 10.0. The number of hydrogen-bond donors (Lipinski definition) is 0. The molecule has 0 spiro atoms. The Kier molecular flexibility index (Phi) is 60.3. The second-order valence-electron chi connectivity index (χ2n) is 21.3. The number of ether oxygens (including phenoxy) is 3. The summed E-state index contributed by atoms with van der Waals surface area (Å²) in [6.07, 6.45) is 83.3. The minimum absolute atomic E-state index is 0.0724. The summed E-state index contributed by atoms with van der Waals surface area (Å²) in [4.78, 5) is 38.0. The van der Waals surface area contributed by atoms with E-state index in [-0.39, 0.29) is 31.1 Å². The van der Waals surface area contributed by atoms with Gasteiger partial charge in [0, 0.05) is 19.3 Å². The van der Waals surface area contributed by atoms with Gasteiger partial charge in [-0.3, -0.25) is 14.4 Å². The number of hydrogen-bond acceptors (Lipinski definition) is 6. The average molecular weight is 1050 g/mol. The smallest absolute Gasteiger partial charge is 0.306 e. The zero-order chi connectivity index (χ0) is 54.3. The van der Waals surface area contributed by atoms with Gasteiger partial charge in [0.1, 0.15) is 13.2 Å². The molecule has 0 aliphatic heterocycles. The van der Waals surface area contributed by atoms with E-state index in [1.165, 1.54) is 173 Å². The number of esters is 3. The molecule has 1 atom stereocenters. The van der Waals surface area contributed by atoms with Crippen LogP contribution in [0.25, 0.3) is 0 Å². The molecule has 0 saturated carbocycles. The Labute approximate surface area is 465 Å². The van der Waals surface area contributed by atoms with Crippen LogP contribution in [0, 0.1) is 0 Å². The first-order valence-electron chi connectivity index (χ1n) is 32.1. The zero-order valence-electron chi connectivity index (χ0n) is 49.6. The number of carbonyl (C=O) groups is 3. The lowest BCUT2D eigenvalue weighted by Gasteiger charge is -2.18. The molecule has 1 unspecified atom stereocenters. The molecule has 0 aliphatic rings. The summed E-state index contributed by atoms with van der Waals surface area (Å²) < 4.78 is 16.8. The van der Waals surface area contributed by atoms with E-state index in [1.54, 1.807) is 0 Å². The maximum atomic E-state index is 12.8. The van der Waals surface area contributed by atoms with Crippen molar-refractivity contribution in [1.82, 2.24) is 0 Å². The molecule has 0 aromatic heterocycles. The van der Waals surface area contributed by atoms with Crippen LogP contribution in [0.3, 0.4) is 0 Å². The van der Waals surface area contributed by atoms with Crippen LogP contribution in [0.15, 0.2) is 85.1 Å². The van der Waals surface area contributed by atoms with Gasteiger partial charge in [-0.15, -0.1) is 0 Å². The van der Waals surface area contributed by atoms with Crippen LogP contribution in [0.1, 0.15) is 316 Å². The first-order chi connectivity index (χ1) is 37.0. The molecule has 432 valence electrons. The van der Waals surface area contributed by atoms with Crippen LogP contribution in [-0.2, 0) is 28.6 Å². The van der Waals surface area contributed by atoms with Crippen LogP contribution in [-0.4, -0.2) is 37.2 Å². The standard InChI is InChI=1S/C69H120O6/c1-4-7-10-13-16-18-20-22-24-26-27-28-29-30-31-32-33-34-35-36-37-38-39-40-41-43-44-46-48-50-53-56-59-62-68(71)74-65-66(64-73-67(70)61-58-55-52-15-12-9-6-3)75-69(72)63-60-57-54-51-49-47-45-42-25-23-21-19-17-14-11-8-5-2/h7,10,16,18,22,24,27-28,30-31,33-34,36-37,66H,4-6,8-9,11-15,17,19-21,23,25-26,29,32,35,38-65H2,1-3H3/b10-7-,18-16-,24-22-,28-27-,31-30-,34-33-,37-36-. The average Bonchev–Trinajstić information content (AvgIpc) is 3.41. The van der Waals surface area contributed by atoms with E-state index in [4.69, 9.17) is 14.2 Å². The molecular weight excluding hydrogens is 925 g/mol. The van der Waals surface area contributed by atoms with Gasteiger partial charge < -0.3 is 14.2 Å². The number of unbranched alkanes of at least 4 members (excludes halogenated alkanes) is 33. The monoisotopic (exact) mass is 1040 g/mol. The summed E-state index contributed by atoms with van der Waals surface area (Å²) >= 11 is 0. The topological polar surface area (TPSA) is 78.9 Å². The van der Waals surface area contributed by atoms with Gasteiger partial charge in [-0.25, -0.2) is 0 Å². The summed E-state index contributed by atoms with van der Waals surface area (Å²) in [7, 11) is 0. The fourth-order valence-corrected chi connectivity index (χ4v) is 9.13. The minimum Gasteiger partial charge on any atom is -0.462 e. The molecule has 0 fully saturated rings. The van der Waals surface area contributed by atoms with Crippen molar-refractivity contribution >= 4 is 17.9 Å². The Balaban J connectivity index is 4.07. The quantitative estimate of drug-likeness (QED) is 0.0261. The van der Waals surface area contributed by atoms with Gasteiger partial charge in [0.05, 0.1) is 0 Å². The maximum absolute atomic E-state index is 12.8. The molecule has 0 bridgehead atoms. The van der Waals surface area contributed by atoms with Gasteiger partial charge in [-0.05, 0) is 77.0 Å². The summed E-state index contributed by atoms with van der Waals surface area (Å²) in [5.41, 5.74) is 0. The van der Waals surface area contributed by atoms with Gasteiger partial charge in [0.25, 0.3) is 0 Å². The molecule has 0 rings (SSSR count). The molecule has 0 aromatic rings. The Morgan fingerprint density at radius 3 is 0.813 bits per heavy atom. The van der Waals surface area contributed by atoms with E-state index in [9.17, 15) is 14.4 Å². The first-order valence-corrected chi connectivity index (χ1v) is 32.1. The Morgan fingerprint density at radius 1 is 0.280 bits per heavy atom. The molecular formula is C69H120O6. The molecule has 0 N–H and O–H groups in total. The summed E-state index contributed by atoms with van der Waals surface area (Å²) in [5, 5.41) is 0. The Morgan fingerprint density at radius 2 is 0.520 bits per heavy atom. The van der Waals surface area contributed by atoms with Crippen LogP contribution < -0.4 is 0 Å². The predicted octanol–water partition coefficient (Wildman–Crippen LogP) is 21.9. The largest absolute Gasteiger partial charge is 0.462 e. The van der Waals surface area contributed by atoms with Crippen LogP contribution in [0.2, 0.25) is 0 Å². The second kappa shape index (κ2) is 63.1. The fourth-order valence-electron chi connectivity index (χ4n) is 9.13. The van der Waals surface area contributed by atoms with Gasteiger partial charge in [0.2, 0.25) is 0 Å². The van der Waals surface area contributed by atoms with Gasteiger partial charge >= 0.3 is 17.9 Å². The summed E-state index contributed by atoms with van der Waals surface area (Å²) in [6.45, 7) is 6.51. The van der Waals surface area contributed by atoms with Crippen molar-refractivity contribution in [2.24, 2.45) is 0 Å². The highest BCUT2D eigenvalue weighted by atomic mass is 16.6. The number of allylic oxidation sites excluding steroid dienone is 14. The predicted molar refractivity (Wildman–Crippen MR) is 325 cm³/mol. The number of rotatable bonds is 58. The molecule has 0 aromatic carbocycles. The van der Waals surface area contributed by atoms with Crippen LogP contribution in [0.4, 0.5) is 0 Å². The molecule has 0 saturated heterocycles. The molecule has 75 heavy (non-hydrogen) atoms. The minimum atomic E-state index is -0.772. The van der Waals surface area contributed by atoms with Gasteiger partial charge in [0.15, 0.2) is 6.10 Å². The van der Waals surface area contributed by atoms with Crippen LogP contribution in [0.5, 0.6) is 0 Å². The van der Waals surface area contributed by atoms with Gasteiger partial charge in [-0.2, -0.15) is 0 Å². The lowest BCUT2D eigenvalue weighted by molar-refractivity contribution is -0.167. The van der Waals surface area contributed by atoms with E-state index in [0.717, 1.165) is 103 Å².